The molecule has 0 bridgehead atoms. The Hall–Kier alpha value is -3.08. The lowest BCUT2D eigenvalue weighted by molar-refractivity contribution is 0.0910. The van der Waals surface area contributed by atoms with Gasteiger partial charge in [-0.3, -0.25) is 4.79 Å². The molecular formula is C19H18N2O3. The summed E-state index contributed by atoms with van der Waals surface area (Å²) in [6.07, 6.45) is 3.20. The molecule has 0 saturated heterocycles. The molecule has 0 aliphatic heterocycles. The summed E-state index contributed by atoms with van der Waals surface area (Å²) in [5.74, 6) is 1.69. The van der Waals surface area contributed by atoms with E-state index in [2.05, 4.69) is 4.98 Å². The Morgan fingerprint density at radius 2 is 1.75 bits per heavy atom. The average molecular weight is 322 g/mol. The third kappa shape index (κ3) is 3.63. The van der Waals surface area contributed by atoms with E-state index in [9.17, 15) is 4.79 Å². The smallest absolute Gasteiger partial charge is 0.218 e. The van der Waals surface area contributed by atoms with Gasteiger partial charge in [0.05, 0.1) is 12.5 Å². The average Bonchev–Trinajstić information content (AvgIpc) is 3.10. The van der Waals surface area contributed by atoms with Crippen LogP contribution < -0.4 is 9.47 Å². The number of hydrogen-bond acceptors (Lipinski definition) is 4. The fourth-order valence-electron chi connectivity index (χ4n) is 2.29. The van der Waals surface area contributed by atoms with Crippen molar-refractivity contribution in [3.8, 4) is 17.2 Å². The maximum atomic E-state index is 12.3. The third-order valence-corrected chi connectivity index (χ3v) is 3.52. The van der Waals surface area contributed by atoms with E-state index >= 15 is 0 Å². The number of ketones is 1. The van der Waals surface area contributed by atoms with E-state index in [1.165, 1.54) is 0 Å². The van der Waals surface area contributed by atoms with Crippen LogP contribution in [0.4, 0.5) is 0 Å². The highest BCUT2D eigenvalue weighted by atomic mass is 16.5. The van der Waals surface area contributed by atoms with Gasteiger partial charge in [-0.15, -0.1) is 0 Å². The summed E-state index contributed by atoms with van der Waals surface area (Å²) in [6.45, 7) is 2.58. The molecule has 1 heterocycles. The van der Waals surface area contributed by atoms with Crippen molar-refractivity contribution in [2.45, 2.75) is 13.5 Å². The van der Waals surface area contributed by atoms with Gasteiger partial charge < -0.3 is 14.0 Å². The predicted molar refractivity (Wildman–Crippen MR) is 90.7 cm³/mol. The number of Topliss-reactive ketones (excluding diaryl/α,β-unsaturated/α-hetero) is 1. The first-order valence-corrected chi connectivity index (χ1v) is 7.76. The molecule has 0 aliphatic carbocycles. The first-order chi connectivity index (χ1) is 11.8. The van der Waals surface area contributed by atoms with Crippen molar-refractivity contribution in [2.24, 2.45) is 0 Å². The molecule has 0 saturated carbocycles. The fraction of sp³-hybridized carbons (Fsp3) is 0.158. The minimum atomic E-state index is -0.121. The molecule has 5 nitrogen and oxygen atoms in total. The number of para-hydroxylation sites is 3. The van der Waals surface area contributed by atoms with Crippen LogP contribution >= 0.6 is 0 Å². The second-order valence-corrected chi connectivity index (χ2v) is 5.14. The lowest BCUT2D eigenvalue weighted by Crippen LogP contribution is -2.15. The van der Waals surface area contributed by atoms with Gasteiger partial charge in [-0.25, -0.2) is 4.98 Å². The molecule has 0 atom stereocenters. The number of nitrogens with zero attached hydrogens (tertiary/aromatic N) is 2. The molecule has 0 spiro atoms. The van der Waals surface area contributed by atoms with Gasteiger partial charge >= 0.3 is 0 Å². The second-order valence-electron chi connectivity index (χ2n) is 5.14. The van der Waals surface area contributed by atoms with Gasteiger partial charge in [-0.2, -0.15) is 0 Å². The van der Waals surface area contributed by atoms with Crippen LogP contribution in [0.5, 0.6) is 17.2 Å². The van der Waals surface area contributed by atoms with Gasteiger partial charge in [-0.1, -0.05) is 30.3 Å². The molecule has 0 unspecified atom stereocenters. The van der Waals surface area contributed by atoms with Crippen molar-refractivity contribution in [3.05, 3.63) is 72.8 Å². The number of ether oxygens (including phenoxy) is 2. The zero-order valence-corrected chi connectivity index (χ0v) is 13.4. The van der Waals surface area contributed by atoms with Crippen molar-refractivity contribution in [2.75, 3.05) is 6.61 Å². The topological polar surface area (TPSA) is 53.4 Å². The second kappa shape index (κ2) is 7.46. The first kappa shape index (κ1) is 15.8. The van der Waals surface area contributed by atoms with Crippen LogP contribution in [-0.4, -0.2) is 21.9 Å². The van der Waals surface area contributed by atoms with Crippen LogP contribution in [0.15, 0.2) is 67.1 Å². The van der Waals surface area contributed by atoms with Crippen molar-refractivity contribution in [1.82, 2.24) is 9.55 Å². The van der Waals surface area contributed by atoms with Crippen molar-refractivity contribution in [3.63, 3.8) is 0 Å². The molecule has 1 aromatic heterocycles. The van der Waals surface area contributed by atoms with E-state index < -0.39 is 0 Å². The molecule has 0 fully saturated rings. The van der Waals surface area contributed by atoms with Gasteiger partial charge in [0, 0.05) is 6.54 Å². The number of benzene rings is 2. The summed E-state index contributed by atoms with van der Waals surface area (Å²) < 4.78 is 13.3. The van der Waals surface area contributed by atoms with Crippen molar-refractivity contribution < 1.29 is 14.3 Å². The summed E-state index contributed by atoms with van der Waals surface area (Å²) in [7, 11) is 0. The number of hydrogen-bond donors (Lipinski definition) is 0. The van der Waals surface area contributed by atoms with E-state index in [-0.39, 0.29) is 12.4 Å². The van der Waals surface area contributed by atoms with E-state index in [4.69, 9.17) is 9.47 Å². The third-order valence-electron chi connectivity index (χ3n) is 3.52. The highest BCUT2D eigenvalue weighted by Crippen LogP contribution is 2.31. The number of aromatic nitrogens is 2. The summed E-state index contributed by atoms with van der Waals surface area (Å²) in [6, 6.07) is 16.7. The molecule has 24 heavy (non-hydrogen) atoms. The molecule has 0 N–H and O–H groups in total. The maximum absolute atomic E-state index is 12.3. The molecule has 0 aliphatic rings. The van der Waals surface area contributed by atoms with Gasteiger partial charge in [0.1, 0.15) is 11.4 Å². The Balaban J connectivity index is 1.70. The van der Waals surface area contributed by atoms with Crippen LogP contribution in [-0.2, 0) is 6.54 Å². The maximum Gasteiger partial charge on any atom is 0.218 e. The Morgan fingerprint density at radius 3 is 2.50 bits per heavy atom. The molecule has 5 heteroatoms. The van der Waals surface area contributed by atoms with Gasteiger partial charge in [-0.05, 0) is 31.2 Å². The molecule has 0 amide bonds. The van der Waals surface area contributed by atoms with Crippen LogP contribution in [0.1, 0.15) is 17.4 Å². The number of carbonyl (C=O) groups is 1. The summed E-state index contributed by atoms with van der Waals surface area (Å²) in [4.78, 5) is 16.3. The van der Waals surface area contributed by atoms with E-state index in [1.54, 1.807) is 23.2 Å². The fourth-order valence-corrected chi connectivity index (χ4v) is 2.29. The number of carbonyl (C=O) groups excluding carboxylic acids is 1. The highest BCUT2D eigenvalue weighted by molar-refractivity contribution is 5.95. The van der Waals surface area contributed by atoms with Crippen LogP contribution in [0.25, 0.3) is 0 Å². The van der Waals surface area contributed by atoms with Crippen LogP contribution in [0.2, 0.25) is 0 Å². The predicted octanol–water partition coefficient (Wildman–Crippen LogP) is 3.96. The molecule has 3 rings (SSSR count). The SMILES string of the molecule is CCn1cncc1C(=O)COc1ccccc1Oc1ccccc1. The summed E-state index contributed by atoms with van der Waals surface area (Å²) in [5, 5.41) is 0. The van der Waals surface area contributed by atoms with Crippen LogP contribution in [0.3, 0.4) is 0 Å². The molecule has 2 aromatic carbocycles. The van der Waals surface area contributed by atoms with Gasteiger partial charge in [0.15, 0.2) is 18.1 Å². The standard InChI is InChI=1S/C19H18N2O3/c1-2-21-14-20-12-16(21)17(22)13-23-18-10-6-7-11-19(18)24-15-8-4-3-5-9-15/h3-12,14H,2,13H2,1H3. The van der Waals surface area contributed by atoms with Crippen LogP contribution in [0, 0.1) is 0 Å². The Morgan fingerprint density at radius 1 is 1.04 bits per heavy atom. The molecule has 122 valence electrons. The normalized spacial score (nSPS) is 10.4. The Kier molecular flexibility index (Phi) is 4.91. The molecule has 0 radical (unpaired) electrons. The highest BCUT2D eigenvalue weighted by Gasteiger charge is 2.13. The monoisotopic (exact) mass is 322 g/mol. The quantitative estimate of drug-likeness (QED) is 0.618. The van der Waals surface area contributed by atoms with Crippen molar-refractivity contribution >= 4 is 5.78 Å². The largest absolute Gasteiger partial charge is 0.481 e. The van der Waals surface area contributed by atoms with E-state index in [0.717, 1.165) is 0 Å². The molecule has 3 aromatic rings. The lowest BCUT2D eigenvalue weighted by atomic mass is 10.3. The van der Waals surface area contributed by atoms with E-state index in [1.807, 2.05) is 55.5 Å². The minimum absolute atomic E-state index is 0.0686. The Bertz CT molecular complexity index is 812. The van der Waals surface area contributed by atoms with Crippen molar-refractivity contribution in [1.29, 1.82) is 0 Å². The summed E-state index contributed by atoms with van der Waals surface area (Å²) >= 11 is 0. The zero-order chi connectivity index (χ0) is 16.8. The number of rotatable bonds is 7. The Labute approximate surface area is 140 Å². The summed E-state index contributed by atoms with van der Waals surface area (Å²) in [5.41, 5.74) is 0.541. The number of imidazole rings is 1. The van der Waals surface area contributed by atoms with Gasteiger partial charge in [0.25, 0.3) is 0 Å². The van der Waals surface area contributed by atoms with Gasteiger partial charge in [0.2, 0.25) is 5.78 Å². The minimum Gasteiger partial charge on any atom is -0.481 e. The first-order valence-electron chi connectivity index (χ1n) is 7.76. The molecular weight excluding hydrogens is 304 g/mol. The lowest BCUT2D eigenvalue weighted by Gasteiger charge is -2.12. The van der Waals surface area contributed by atoms with E-state index in [0.29, 0.717) is 29.5 Å². The zero-order valence-electron chi connectivity index (χ0n) is 13.4. The number of aryl methyl sites for hydroxylation is 1.